The van der Waals surface area contributed by atoms with Crippen molar-refractivity contribution in [2.45, 2.75) is 76.5 Å². The predicted octanol–water partition coefficient (Wildman–Crippen LogP) is 9.83. The Labute approximate surface area is 395 Å². The van der Waals surface area contributed by atoms with Gasteiger partial charge in [0.1, 0.15) is 24.6 Å². The SMILES string of the molecule is CC(=O)OCc1cc(Cl)c(Cc2ccc(CC(F)F)cc2)c(O[C@@H]2O[C@H]([C@@H](C)OC(=O)c3ccccc3)[C@@H](OC(=O)c3ccccc3)[C@H](OC(=O)c3ccccc3)[C@H]2OC(=O)c2ccccc2)c1. The fraction of sp³-hybridized carbons (Fsp3) is 0.226. The van der Waals surface area contributed by atoms with Crippen LogP contribution < -0.4 is 4.74 Å². The number of hydrogen-bond acceptors (Lipinski definition) is 12. The maximum atomic E-state index is 14.2. The average molecular weight is 947 g/mol. The standard InChI is InChI=1S/C53H45ClF2O12/c1-32(63-49(58)37-15-7-3-8-16-37)45-46(65-50(59)38-17-9-4-10-18-38)47(66-51(60)39-19-11-5-12-20-39)48(67-52(61)40-21-13-6-14-22-40)53(68-45)64-43-29-36(31-62-33(2)57)28-42(54)41(43)27-34-23-25-35(26-24-34)30-44(55)56/h3-26,28-29,32,44-48,53H,27,30-31H2,1-2H3/t32-,45-,46-,47+,48-,53-/m1/s1. The van der Waals surface area contributed by atoms with Crippen molar-refractivity contribution in [3.63, 3.8) is 0 Å². The maximum absolute atomic E-state index is 14.2. The van der Waals surface area contributed by atoms with Crippen LogP contribution in [0.5, 0.6) is 5.75 Å². The molecule has 1 aliphatic heterocycles. The second kappa shape index (κ2) is 22.9. The first-order valence-electron chi connectivity index (χ1n) is 21.5. The minimum Gasteiger partial charge on any atom is -0.461 e. The van der Waals surface area contributed by atoms with Gasteiger partial charge in [0, 0.05) is 30.4 Å². The van der Waals surface area contributed by atoms with Gasteiger partial charge >= 0.3 is 29.8 Å². The van der Waals surface area contributed by atoms with E-state index < -0.39 is 79.5 Å². The lowest BCUT2D eigenvalue weighted by atomic mass is 9.94. The third-order valence-corrected chi connectivity index (χ3v) is 11.1. The number of alkyl halides is 2. The summed E-state index contributed by atoms with van der Waals surface area (Å²) in [6, 6.07) is 41.4. The first kappa shape index (κ1) is 48.5. The monoisotopic (exact) mass is 946 g/mol. The molecule has 350 valence electrons. The Hall–Kier alpha value is -7.42. The number of carbonyl (C=O) groups excluding carboxylic acids is 5. The maximum Gasteiger partial charge on any atom is 0.338 e. The van der Waals surface area contributed by atoms with Crippen molar-refractivity contribution >= 4 is 41.4 Å². The van der Waals surface area contributed by atoms with Gasteiger partial charge in [-0.25, -0.2) is 28.0 Å². The average Bonchev–Trinajstić information content (AvgIpc) is 3.34. The molecule has 0 unspecified atom stereocenters. The van der Waals surface area contributed by atoms with Gasteiger partial charge in [-0.1, -0.05) is 109 Å². The van der Waals surface area contributed by atoms with Gasteiger partial charge in [0.05, 0.1) is 22.3 Å². The fourth-order valence-electron chi connectivity index (χ4n) is 7.39. The number of esters is 5. The van der Waals surface area contributed by atoms with Crippen molar-refractivity contribution < 1.29 is 65.9 Å². The van der Waals surface area contributed by atoms with Gasteiger partial charge in [0.15, 0.2) is 12.2 Å². The zero-order valence-corrected chi connectivity index (χ0v) is 37.5. The summed E-state index contributed by atoms with van der Waals surface area (Å²) in [5.41, 5.74) is 2.23. The number of carbonyl (C=O) groups is 5. The fourth-order valence-corrected chi connectivity index (χ4v) is 7.69. The van der Waals surface area contributed by atoms with Crippen molar-refractivity contribution in [1.29, 1.82) is 0 Å². The van der Waals surface area contributed by atoms with Crippen LogP contribution in [0, 0.1) is 0 Å². The molecule has 6 aromatic carbocycles. The first-order valence-corrected chi connectivity index (χ1v) is 21.9. The zero-order valence-electron chi connectivity index (χ0n) is 36.7. The van der Waals surface area contributed by atoms with Crippen LogP contribution >= 0.6 is 11.6 Å². The highest BCUT2D eigenvalue weighted by Gasteiger charge is 2.56. The topological polar surface area (TPSA) is 150 Å². The molecule has 1 aliphatic rings. The van der Waals surface area contributed by atoms with Gasteiger partial charge in [-0.3, -0.25) is 4.79 Å². The minimum absolute atomic E-state index is 0.0163. The Balaban J connectivity index is 1.37. The summed E-state index contributed by atoms with van der Waals surface area (Å²) in [6.45, 7) is 2.48. The van der Waals surface area contributed by atoms with E-state index >= 15 is 0 Å². The van der Waals surface area contributed by atoms with Crippen molar-refractivity contribution in [2.24, 2.45) is 0 Å². The molecule has 68 heavy (non-hydrogen) atoms. The molecule has 12 nitrogen and oxygen atoms in total. The Morgan fingerprint density at radius 2 is 1.04 bits per heavy atom. The molecule has 6 aromatic rings. The van der Waals surface area contributed by atoms with E-state index in [-0.39, 0.29) is 46.1 Å². The van der Waals surface area contributed by atoms with Crippen molar-refractivity contribution in [2.75, 3.05) is 0 Å². The highest BCUT2D eigenvalue weighted by atomic mass is 35.5. The molecule has 0 spiro atoms. The van der Waals surface area contributed by atoms with E-state index in [1.165, 1.54) is 56.3 Å². The van der Waals surface area contributed by atoms with Crippen LogP contribution in [0.2, 0.25) is 5.02 Å². The lowest BCUT2D eigenvalue weighted by Gasteiger charge is -2.45. The predicted molar refractivity (Wildman–Crippen MR) is 243 cm³/mol. The highest BCUT2D eigenvalue weighted by molar-refractivity contribution is 6.31. The lowest BCUT2D eigenvalue weighted by molar-refractivity contribution is -0.284. The van der Waals surface area contributed by atoms with Crippen molar-refractivity contribution in [3.05, 3.63) is 207 Å². The summed E-state index contributed by atoms with van der Waals surface area (Å²) in [5.74, 6) is -4.04. The molecule has 0 bridgehead atoms. The third kappa shape index (κ3) is 12.7. The number of rotatable bonds is 17. The van der Waals surface area contributed by atoms with Crippen molar-refractivity contribution in [1.82, 2.24) is 0 Å². The van der Waals surface area contributed by atoms with Gasteiger partial charge in [0.2, 0.25) is 18.8 Å². The third-order valence-electron chi connectivity index (χ3n) is 10.7. The first-order chi connectivity index (χ1) is 32.8. The normalized spacial score (nSPS) is 18.1. The summed E-state index contributed by atoms with van der Waals surface area (Å²) in [7, 11) is 0. The Morgan fingerprint density at radius 3 is 1.53 bits per heavy atom. The molecule has 1 saturated heterocycles. The number of benzene rings is 6. The Bertz CT molecular complexity index is 2670. The quantitative estimate of drug-likeness (QED) is 0.0633. The van der Waals surface area contributed by atoms with Crippen LogP contribution in [0.4, 0.5) is 8.78 Å². The molecule has 1 fully saturated rings. The van der Waals surface area contributed by atoms with Gasteiger partial charge in [0.25, 0.3) is 0 Å². The van der Waals surface area contributed by atoms with E-state index in [4.69, 9.17) is 44.8 Å². The molecule has 0 amide bonds. The summed E-state index contributed by atoms with van der Waals surface area (Å²) in [4.78, 5) is 68.0. The van der Waals surface area contributed by atoms with Crippen LogP contribution in [0.3, 0.4) is 0 Å². The van der Waals surface area contributed by atoms with E-state index in [1.54, 1.807) is 115 Å². The molecule has 1 heterocycles. The zero-order chi connectivity index (χ0) is 48.2. The lowest BCUT2D eigenvalue weighted by Crippen LogP contribution is -2.65. The van der Waals surface area contributed by atoms with Gasteiger partial charge < -0.3 is 33.2 Å². The summed E-state index contributed by atoms with van der Waals surface area (Å²) < 4.78 is 69.9. The molecule has 6 atom stereocenters. The second-order valence-corrected chi connectivity index (χ2v) is 16.1. The van der Waals surface area contributed by atoms with Crippen LogP contribution in [0.15, 0.2) is 158 Å². The smallest absolute Gasteiger partial charge is 0.338 e. The van der Waals surface area contributed by atoms with Gasteiger partial charge in [-0.15, -0.1) is 0 Å². The summed E-state index contributed by atoms with van der Waals surface area (Å²) in [5, 5.41) is 0.137. The second-order valence-electron chi connectivity index (χ2n) is 15.7. The minimum atomic E-state index is -2.55. The van der Waals surface area contributed by atoms with Gasteiger partial charge in [-0.05, 0) is 84.3 Å². The van der Waals surface area contributed by atoms with Crippen LogP contribution in [0.1, 0.15) is 77.5 Å². The molecule has 0 saturated carbocycles. The van der Waals surface area contributed by atoms with Gasteiger partial charge in [-0.2, -0.15) is 0 Å². The molecule has 0 aromatic heterocycles. The van der Waals surface area contributed by atoms with Crippen LogP contribution in [-0.4, -0.2) is 73.1 Å². The van der Waals surface area contributed by atoms with Crippen LogP contribution in [-0.2, 0) is 52.7 Å². The van der Waals surface area contributed by atoms with E-state index in [1.807, 2.05) is 0 Å². The van der Waals surface area contributed by atoms with E-state index in [9.17, 15) is 32.8 Å². The summed E-state index contributed by atoms with van der Waals surface area (Å²) >= 11 is 6.99. The summed E-state index contributed by atoms with van der Waals surface area (Å²) in [6.07, 6.45) is -12.7. The van der Waals surface area contributed by atoms with E-state index in [0.29, 0.717) is 22.3 Å². The van der Waals surface area contributed by atoms with Crippen LogP contribution in [0.25, 0.3) is 0 Å². The molecule has 0 N–H and O–H groups in total. The largest absolute Gasteiger partial charge is 0.461 e. The Morgan fingerprint density at radius 1 is 0.588 bits per heavy atom. The number of ether oxygens (including phenoxy) is 7. The molecular formula is C53H45ClF2O12. The van der Waals surface area contributed by atoms with E-state index in [0.717, 1.165) is 0 Å². The molecule has 15 heteroatoms. The number of halogens is 3. The molecular weight excluding hydrogens is 902 g/mol. The Kier molecular flexibility index (Phi) is 16.3. The molecule has 7 rings (SSSR count). The van der Waals surface area contributed by atoms with E-state index in [2.05, 4.69) is 0 Å². The molecule has 0 aliphatic carbocycles. The highest BCUT2D eigenvalue weighted by Crippen LogP contribution is 2.38. The molecule has 0 radical (unpaired) electrons. The van der Waals surface area contributed by atoms with Crippen molar-refractivity contribution in [3.8, 4) is 5.75 Å². The number of hydrogen-bond donors (Lipinski definition) is 0.